The van der Waals surface area contributed by atoms with Crippen molar-refractivity contribution >= 4 is 11.9 Å². The molecule has 0 rings (SSSR count). The molecule has 0 spiro atoms. The van der Waals surface area contributed by atoms with Crippen LogP contribution in [0.5, 0.6) is 0 Å². The molecule has 0 heterocycles. The highest BCUT2D eigenvalue weighted by molar-refractivity contribution is 5.96. The van der Waals surface area contributed by atoms with Crippen molar-refractivity contribution in [1.82, 2.24) is 5.32 Å². The lowest BCUT2D eigenvalue weighted by Crippen LogP contribution is -2.51. The quantitative estimate of drug-likeness (QED) is 0.619. The maximum Gasteiger partial charge on any atom is 0.329 e. The van der Waals surface area contributed by atoms with E-state index in [1.54, 1.807) is 0 Å². The fourth-order valence-electron chi connectivity index (χ4n) is 1.01. The SMILES string of the molecule is C#CC(=O)NC(C)(CCC)C(=O)O. The molecule has 2 N–H and O–H groups in total. The molecule has 1 amide bonds. The van der Waals surface area contributed by atoms with Gasteiger partial charge in [0.15, 0.2) is 0 Å². The molecule has 0 aliphatic heterocycles. The molecule has 0 bridgehead atoms. The van der Waals surface area contributed by atoms with Gasteiger partial charge in [0.1, 0.15) is 5.54 Å². The highest BCUT2D eigenvalue weighted by Crippen LogP contribution is 2.11. The van der Waals surface area contributed by atoms with Crippen LogP contribution in [-0.2, 0) is 9.59 Å². The number of hydrogen-bond acceptors (Lipinski definition) is 2. The molecule has 0 aromatic rings. The number of rotatable bonds is 4. The van der Waals surface area contributed by atoms with E-state index >= 15 is 0 Å². The summed E-state index contributed by atoms with van der Waals surface area (Å²) in [6.45, 7) is 3.28. The summed E-state index contributed by atoms with van der Waals surface area (Å²) in [5.41, 5.74) is -1.25. The van der Waals surface area contributed by atoms with Crippen LogP contribution in [0.15, 0.2) is 0 Å². The van der Waals surface area contributed by atoms with Crippen molar-refractivity contribution in [2.45, 2.75) is 32.2 Å². The lowest BCUT2D eigenvalue weighted by molar-refractivity contribution is -0.146. The number of carbonyl (C=O) groups excluding carboxylic acids is 1. The Balaban J connectivity index is 4.52. The highest BCUT2D eigenvalue weighted by Gasteiger charge is 2.33. The Kier molecular flexibility index (Phi) is 3.99. The minimum absolute atomic E-state index is 0.357. The van der Waals surface area contributed by atoms with Crippen molar-refractivity contribution in [3.05, 3.63) is 0 Å². The van der Waals surface area contributed by atoms with E-state index in [2.05, 4.69) is 5.32 Å². The number of carboxylic acids is 1. The second kappa shape index (κ2) is 4.51. The van der Waals surface area contributed by atoms with Crippen molar-refractivity contribution in [1.29, 1.82) is 0 Å². The molecule has 0 saturated carbocycles. The molecule has 0 aliphatic rings. The van der Waals surface area contributed by atoms with Crippen LogP contribution in [0.3, 0.4) is 0 Å². The van der Waals surface area contributed by atoms with Gasteiger partial charge in [-0.1, -0.05) is 13.3 Å². The molecule has 0 aliphatic carbocycles. The zero-order valence-electron chi connectivity index (χ0n) is 7.76. The van der Waals surface area contributed by atoms with E-state index < -0.39 is 17.4 Å². The maximum absolute atomic E-state index is 10.8. The molecule has 0 saturated heterocycles. The molecule has 4 nitrogen and oxygen atoms in total. The van der Waals surface area contributed by atoms with Gasteiger partial charge in [-0.25, -0.2) is 4.79 Å². The van der Waals surface area contributed by atoms with Gasteiger partial charge in [-0.05, 0) is 19.3 Å². The first kappa shape index (κ1) is 11.5. The number of hydrogen-bond donors (Lipinski definition) is 2. The lowest BCUT2D eigenvalue weighted by Gasteiger charge is -2.24. The third kappa shape index (κ3) is 3.16. The number of terminal acetylenes is 1. The fourth-order valence-corrected chi connectivity index (χ4v) is 1.01. The van der Waals surface area contributed by atoms with E-state index in [4.69, 9.17) is 11.5 Å². The molecule has 1 unspecified atom stereocenters. The highest BCUT2D eigenvalue weighted by atomic mass is 16.4. The molecular formula is C9H13NO3. The molecular weight excluding hydrogens is 170 g/mol. The van der Waals surface area contributed by atoms with Gasteiger partial charge in [-0.15, -0.1) is 6.42 Å². The summed E-state index contributed by atoms with van der Waals surface area (Å²) in [4.78, 5) is 21.6. The second-order valence-electron chi connectivity index (χ2n) is 2.99. The summed E-state index contributed by atoms with van der Waals surface area (Å²) in [6, 6.07) is 0. The molecule has 72 valence electrons. The molecule has 4 heteroatoms. The normalized spacial score (nSPS) is 13.9. The van der Waals surface area contributed by atoms with Gasteiger partial charge in [0, 0.05) is 0 Å². The third-order valence-electron chi connectivity index (χ3n) is 1.74. The number of nitrogens with one attached hydrogen (secondary N) is 1. The standard InChI is InChI=1S/C9H13NO3/c1-4-6-9(3,8(12)13)10-7(11)5-2/h2H,4,6H2,1,3H3,(H,10,11)(H,12,13). The Morgan fingerprint density at radius 2 is 2.15 bits per heavy atom. The van der Waals surface area contributed by atoms with E-state index in [0.717, 1.165) is 0 Å². The Labute approximate surface area is 77.3 Å². The van der Waals surface area contributed by atoms with Crippen LogP contribution in [0.25, 0.3) is 0 Å². The molecule has 0 radical (unpaired) electrons. The van der Waals surface area contributed by atoms with Crippen LogP contribution in [0, 0.1) is 12.3 Å². The molecule has 0 aromatic carbocycles. The van der Waals surface area contributed by atoms with Gasteiger partial charge in [-0.2, -0.15) is 0 Å². The first-order valence-corrected chi connectivity index (χ1v) is 3.98. The summed E-state index contributed by atoms with van der Waals surface area (Å²) < 4.78 is 0. The van der Waals surface area contributed by atoms with Gasteiger partial charge >= 0.3 is 5.97 Å². The predicted molar refractivity (Wildman–Crippen MR) is 47.9 cm³/mol. The van der Waals surface area contributed by atoms with Crippen molar-refractivity contribution in [3.8, 4) is 12.3 Å². The Morgan fingerprint density at radius 1 is 1.62 bits per heavy atom. The fraction of sp³-hybridized carbons (Fsp3) is 0.556. The largest absolute Gasteiger partial charge is 0.480 e. The van der Waals surface area contributed by atoms with Crippen LogP contribution in [0.1, 0.15) is 26.7 Å². The Morgan fingerprint density at radius 3 is 2.46 bits per heavy atom. The first-order chi connectivity index (χ1) is 5.96. The summed E-state index contributed by atoms with van der Waals surface area (Å²) >= 11 is 0. The number of aliphatic carboxylic acids is 1. The van der Waals surface area contributed by atoms with Gasteiger partial charge < -0.3 is 10.4 Å². The summed E-state index contributed by atoms with van der Waals surface area (Å²) in [5.74, 6) is 0.0532. The van der Waals surface area contributed by atoms with E-state index in [1.165, 1.54) is 6.92 Å². The van der Waals surface area contributed by atoms with Crippen molar-refractivity contribution < 1.29 is 14.7 Å². The van der Waals surface area contributed by atoms with Gasteiger partial charge in [0.05, 0.1) is 0 Å². The van der Waals surface area contributed by atoms with Crippen LogP contribution >= 0.6 is 0 Å². The topological polar surface area (TPSA) is 66.4 Å². The number of amides is 1. The van der Waals surface area contributed by atoms with Gasteiger partial charge in [0.2, 0.25) is 0 Å². The monoisotopic (exact) mass is 183 g/mol. The second-order valence-corrected chi connectivity index (χ2v) is 2.99. The minimum Gasteiger partial charge on any atom is -0.480 e. The lowest BCUT2D eigenvalue weighted by atomic mass is 9.96. The van der Waals surface area contributed by atoms with E-state index in [0.29, 0.717) is 12.8 Å². The Hall–Kier alpha value is -1.50. The molecule has 13 heavy (non-hydrogen) atoms. The molecule has 0 fully saturated rings. The number of carboxylic acid groups (broad SMARTS) is 1. The van der Waals surface area contributed by atoms with Crippen molar-refractivity contribution in [3.63, 3.8) is 0 Å². The predicted octanol–water partition coefficient (Wildman–Crippen LogP) is 0.379. The summed E-state index contributed by atoms with van der Waals surface area (Å²) in [7, 11) is 0. The van der Waals surface area contributed by atoms with Crippen LogP contribution in [0.2, 0.25) is 0 Å². The molecule has 0 aromatic heterocycles. The smallest absolute Gasteiger partial charge is 0.329 e. The summed E-state index contributed by atoms with van der Waals surface area (Å²) in [5, 5.41) is 11.1. The van der Waals surface area contributed by atoms with Crippen molar-refractivity contribution in [2.75, 3.05) is 0 Å². The first-order valence-electron chi connectivity index (χ1n) is 3.98. The van der Waals surface area contributed by atoms with Crippen LogP contribution in [-0.4, -0.2) is 22.5 Å². The van der Waals surface area contributed by atoms with E-state index in [9.17, 15) is 9.59 Å². The average Bonchev–Trinajstić information content (AvgIpc) is 2.04. The van der Waals surface area contributed by atoms with Crippen LogP contribution in [0.4, 0.5) is 0 Å². The summed E-state index contributed by atoms with van der Waals surface area (Å²) in [6.07, 6.45) is 5.84. The Bertz CT molecular complexity index is 254. The van der Waals surface area contributed by atoms with Gasteiger partial charge in [-0.3, -0.25) is 4.79 Å². The zero-order chi connectivity index (χ0) is 10.5. The van der Waals surface area contributed by atoms with Gasteiger partial charge in [0.25, 0.3) is 5.91 Å². The van der Waals surface area contributed by atoms with E-state index in [1.807, 2.05) is 12.8 Å². The van der Waals surface area contributed by atoms with Crippen molar-refractivity contribution in [2.24, 2.45) is 0 Å². The minimum atomic E-state index is -1.25. The zero-order valence-corrected chi connectivity index (χ0v) is 7.76. The average molecular weight is 183 g/mol. The van der Waals surface area contributed by atoms with Crippen LogP contribution < -0.4 is 5.32 Å². The maximum atomic E-state index is 10.8. The van der Waals surface area contributed by atoms with E-state index in [-0.39, 0.29) is 0 Å². The number of carbonyl (C=O) groups is 2. The molecule has 1 atom stereocenters. The third-order valence-corrected chi connectivity index (χ3v) is 1.74.